The Morgan fingerprint density at radius 3 is 3.00 bits per heavy atom. The second-order valence-corrected chi connectivity index (χ2v) is 5.17. The van der Waals surface area contributed by atoms with E-state index in [1.54, 1.807) is 0 Å². The molecule has 0 saturated carbocycles. The Morgan fingerprint density at radius 1 is 1.38 bits per heavy atom. The Kier molecular flexibility index (Phi) is 4.82. The molecular weight excluding hydrogens is 266 g/mol. The molecule has 1 aromatic carbocycles. The molecule has 88 valence electrons. The molecule has 0 amide bonds. The lowest BCUT2D eigenvalue weighted by Gasteiger charge is -2.22. The molecule has 1 heterocycles. The SMILES string of the molecule is Brc1ccccc1COCC1CCCNC1. The van der Waals surface area contributed by atoms with Crippen LogP contribution in [0.25, 0.3) is 0 Å². The van der Waals surface area contributed by atoms with E-state index in [-0.39, 0.29) is 0 Å². The van der Waals surface area contributed by atoms with E-state index in [1.165, 1.54) is 24.9 Å². The van der Waals surface area contributed by atoms with Crippen molar-refractivity contribution in [2.24, 2.45) is 5.92 Å². The molecule has 3 heteroatoms. The maximum atomic E-state index is 5.77. The molecule has 0 aliphatic carbocycles. The van der Waals surface area contributed by atoms with E-state index >= 15 is 0 Å². The molecule has 0 spiro atoms. The molecule has 1 aliphatic rings. The van der Waals surface area contributed by atoms with Crippen LogP contribution >= 0.6 is 15.9 Å². The quantitative estimate of drug-likeness (QED) is 0.917. The van der Waals surface area contributed by atoms with Gasteiger partial charge in [-0.2, -0.15) is 0 Å². The maximum Gasteiger partial charge on any atom is 0.0727 e. The van der Waals surface area contributed by atoms with Gasteiger partial charge in [-0.3, -0.25) is 0 Å². The Balaban J connectivity index is 1.73. The van der Waals surface area contributed by atoms with Crippen molar-refractivity contribution >= 4 is 15.9 Å². The fourth-order valence-corrected chi connectivity index (χ4v) is 2.42. The van der Waals surface area contributed by atoms with E-state index < -0.39 is 0 Å². The van der Waals surface area contributed by atoms with Crippen molar-refractivity contribution in [1.29, 1.82) is 0 Å². The van der Waals surface area contributed by atoms with Crippen molar-refractivity contribution in [2.75, 3.05) is 19.7 Å². The maximum absolute atomic E-state index is 5.77. The first kappa shape index (κ1) is 12.1. The summed E-state index contributed by atoms with van der Waals surface area (Å²) in [4.78, 5) is 0. The van der Waals surface area contributed by atoms with Gasteiger partial charge in [-0.25, -0.2) is 0 Å². The van der Waals surface area contributed by atoms with Crippen LogP contribution in [0.5, 0.6) is 0 Å². The molecule has 2 nitrogen and oxygen atoms in total. The lowest BCUT2D eigenvalue weighted by molar-refractivity contribution is 0.0780. The largest absolute Gasteiger partial charge is 0.376 e. The first-order valence-electron chi connectivity index (χ1n) is 5.88. The predicted octanol–water partition coefficient (Wildman–Crippen LogP) is 2.97. The molecule has 1 fully saturated rings. The second-order valence-electron chi connectivity index (χ2n) is 4.32. The summed E-state index contributed by atoms with van der Waals surface area (Å²) < 4.78 is 6.91. The average molecular weight is 284 g/mol. The molecule has 1 aliphatic heterocycles. The number of benzene rings is 1. The average Bonchev–Trinajstić information content (AvgIpc) is 2.33. The highest BCUT2D eigenvalue weighted by Crippen LogP contribution is 2.17. The number of piperidine rings is 1. The highest BCUT2D eigenvalue weighted by molar-refractivity contribution is 9.10. The van der Waals surface area contributed by atoms with E-state index in [9.17, 15) is 0 Å². The minimum atomic E-state index is 0.691. The van der Waals surface area contributed by atoms with Crippen LogP contribution in [0.4, 0.5) is 0 Å². The summed E-state index contributed by atoms with van der Waals surface area (Å²) in [6.45, 7) is 3.85. The van der Waals surface area contributed by atoms with Gasteiger partial charge in [-0.1, -0.05) is 34.1 Å². The summed E-state index contributed by atoms with van der Waals surface area (Å²) in [6.07, 6.45) is 2.58. The Hall–Kier alpha value is -0.380. The van der Waals surface area contributed by atoms with Gasteiger partial charge >= 0.3 is 0 Å². The van der Waals surface area contributed by atoms with Crippen LogP contribution in [0.1, 0.15) is 18.4 Å². The van der Waals surface area contributed by atoms with E-state index in [1.807, 2.05) is 12.1 Å². The van der Waals surface area contributed by atoms with Gasteiger partial charge in [0.2, 0.25) is 0 Å². The van der Waals surface area contributed by atoms with Gasteiger partial charge in [0.05, 0.1) is 13.2 Å². The summed E-state index contributed by atoms with van der Waals surface area (Å²) >= 11 is 3.53. The highest BCUT2D eigenvalue weighted by Gasteiger charge is 2.12. The van der Waals surface area contributed by atoms with Gasteiger partial charge in [0.25, 0.3) is 0 Å². The molecule has 2 rings (SSSR count). The summed E-state index contributed by atoms with van der Waals surface area (Å²) in [5.74, 6) is 0.691. The number of hydrogen-bond donors (Lipinski definition) is 1. The van der Waals surface area contributed by atoms with Crippen LogP contribution in [0.15, 0.2) is 28.7 Å². The van der Waals surface area contributed by atoms with Crippen molar-refractivity contribution < 1.29 is 4.74 Å². The van der Waals surface area contributed by atoms with Crippen LogP contribution in [-0.4, -0.2) is 19.7 Å². The zero-order chi connectivity index (χ0) is 11.2. The third-order valence-electron chi connectivity index (χ3n) is 2.97. The molecule has 1 atom stereocenters. The summed E-state index contributed by atoms with van der Waals surface area (Å²) in [6, 6.07) is 8.23. The van der Waals surface area contributed by atoms with Gasteiger partial charge < -0.3 is 10.1 Å². The Bertz CT molecular complexity index is 323. The van der Waals surface area contributed by atoms with E-state index in [0.717, 1.165) is 17.6 Å². The van der Waals surface area contributed by atoms with Gasteiger partial charge in [-0.05, 0) is 36.9 Å². The number of nitrogens with one attached hydrogen (secondary N) is 1. The Morgan fingerprint density at radius 2 is 2.25 bits per heavy atom. The van der Waals surface area contributed by atoms with Crippen LogP contribution in [0.2, 0.25) is 0 Å². The topological polar surface area (TPSA) is 21.3 Å². The number of ether oxygens (including phenoxy) is 1. The fourth-order valence-electron chi connectivity index (χ4n) is 2.02. The van der Waals surface area contributed by atoms with Crippen LogP contribution < -0.4 is 5.32 Å². The van der Waals surface area contributed by atoms with Crippen molar-refractivity contribution in [1.82, 2.24) is 5.32 Å². The summed E-state index contributed by atoms with van der Waals surface area (Å²) in [5.41, 5.74) is 1.23. The third-order valence-corrected chi connectivity index (χ3v) is 3.74. The minimum absolute atomic E-state index is 0.691. The number of hydrogen-bond acceptors (Lipinski definition) is 2. The molecule has 16 heavy (non-hydrogen) atoms. The fraction of sp³-hybridized carbons (Fsp3) is 0.538. The monoisotopic (exact) mass is 283 g/mol. The molecule has 1 N–H and O–H groups in total. The molecule has 1 unspecified atom stereocenters. The first-order valence-corrected chi connectivity index (χ1v) is 6.67. The van der Waals surface area contributed by atoms with Gasteiger partial charge in [0, 0.05) is 11.0 Å². The van der Waals surface area contributed by atoms with E-state index in [0.29, 0.717) is 12.5 Å². The van der Waals surface area contributed by atoms with Crippen LogP contribution in [-0.2, 0) is 11.3 Å². The zero-order valence-electron chi connectivity index (χ0n) is 9.42. The van der Waals surface area contributed by atoms with Crippen molar-refractivity contribution in [3.8, 4) is 0 Å². The summed E-state index contributed by atoms with van der Waals surface area (Å²) in [5, 5.41) is 3.41. The zero-order valence-corrected chi connectivity index (χ0v) is 11.0. The van der Waals surface area contributed by atoms with Crippen LogP contribution in [0, 0.1) is 5.92 Å². The number of halogens is 1. The molecule has 1 aromatic rings. The summed E-state index contributed by atoms with van der Waals surface area (Å²) in [7, 11) is 0. The minimum Gasteiger partial charge on any atom is -0.376 e. The molecule has 0 aromatic heterocycles. The third kappa shape index (κ3) is 3.58. The normalized spacial score (nSPS) is 20.9. The standard InChI is InChI=1S/C13H18BrNO/c14-13-6-2-1-5-12(13)10-16-9-11-4-3-7-15-8-11/h1-2,5-6,11,15H,3-4,7-10H2. The van der Waals surface area contributed by atoms with Crippen molar-refractivity contribution in [3.63, 3.8) is 0 Å². The molecular formula is C13H18BrNO. The van der Waals surface area contributed by atoms with Gasteiger partial charge in [-0.15, -0.1) is 0 Å². The lowest BCUT2D eigenvalue weighted by atomic mass is 10.0. The number of rotatable bonds is 4. The second kappa shape index (κ2) is 6.38. The van der Waals surface area contributed by atoms with E-state index in [4.69, 9.17) is 4.74 Å². The molecule has 0 radical (unpaired) electrons. The highest BCUT2D eigenvalue weighted by atomic mass is 79.9. The van der Waals surface area contributed by atoms with Gasteiger partial charge in [0.1, 0.15) is 0 Å². The smallest absolute Gasteiger partial charge is 0.0727 e. The van der Waals surface area contributed by atoms with Crippen molar-refractivity contribution in [2.45, 2.75) is 19.4 Å². The van der Waals surface area contributed by atoms with E-state index in [2.05, 4.69) is 33.4 Å². The van der Waals surface area contributed by atoms with Gasteiger partial charge in [0.15, 0.2) is 0 Å². The molecule has 0 bridgehead atoms. The predicted molar refractivity (Wildman–Crippen MR) is 69.4 cm³/mol. The lowest BCUT2D eigenvalue weighted by Crippen LogP contribution is -2.32. The van der Waals surface area contributed by atoms with Crippen molar-refractivity contribution in [3.05, 3.63) is 34.3 Å². The van der Waals surface area contributed by atoms with Crippen LogP contribution in [0.3, 0.4) is 0 Å². The molecule has 1 saturated heterocycles. The first-order chi connectivity index (χ1) is 7.86. The Labute approximate surface area is 106 Å².